The lowest BCUT2D eigenvalue weighted by atomic mass is 10.1. The van der Waals surface area contributed by atoms with Crippen LogP contribution in [0.1, 0.15) is 36.4 Å². The molecule has 3 rings (SSSR count). The first-order chi connectivity index (χ1) is 12.2. The molecule has 0 bridgehead atoms. The van der Waals surface area contributed by atoms with E-state index in [0.717, 1.165) is 16.7 Å². The van der Waals surface area contributed by atoms with Gasteiger partial charge in [0.25, 0.3) is 0 Å². The Labute approximate surface area is 147 Å². The minimum atomic E-state index is -0.346. The molecular formula is C20H21N3O2. The topological polar surface area (TPSA) is 68.0 Å². The number of nitrogens with zero attached hydrogens (tertiary/aromatic N) is 2. The van der Waals surface area contributed by atoms with Gasteiger partial charge in [-0.3, -0.25) is 4.79 Å². The van der Waals surface area contributed by atoms with Crippen molar-refractivity contribution in [2.45, 2.75) is 32.7 Å². The molecule has 5 nitrogen and oxygen atoms in total. The summed E-state index contributed by atoms with van der Waals surface area (Å²) >= 11 is 0. The van der Waals surface area contributed by atoms with Gasteiger partial charge in [-0.05, 0) is 18.6 Å². The van der Waals surface area contributed by atoms with E-state index in [4.69, 9.17) is 4.52 Å². The summed E-state index contributed by atoms with van der Waals surface area (Å²) in [6.45, 7) is 3.84. The first kappa shape index (κ1) is 16.9. The lowest BCUT2D eigenvalue weighted by Crippen LogP contribution is -2.29. The van der Waals surface area contributed by atoms with E-state index >= 15 is 0 Å². The van der Waals surface area contributed by atoms with E-state index in [0.29, 0.717) is 24.6 Å². The number of benzene rings is 2. The SMILES string of the molecule is CCC(=O)NC(Cc1ccccc1)c1nc(-c2cccc(C)c2)no1. The van der Waals surface area contributed by atoms with E-state index in [1.807, 2.05) is 68.4 Å². The van der Waals surface area contributed by atoms with Crippen molar-refractivity contribution >= 4 is 5.91 Å². The Morgan fingerprint density at radius 1 is 1.16 bits per heavy atom. The molecule has 0 saturated carbocycles. The van der Waals surface area contributed by atoms with Crippen LogP contribution in [0, 0.1) is 6.92 Å². The van der Waals surface area contributed by atoms with E-state index < -0.39 is 0 Å². The standard InChI is InChI=1S/C20H21N3O2/c1-3-18(24)21-17(13-15-9-5-4-6-10-15)20-22-19(23-25-20)16-11-7-8-14(2)12-16/h4-12,17H,3,13H2,1-2H3,(H,21,24). The molecule has 1 amide bonds. The molecule has 1 atom stereocenters. The van der Waals surface area contributed by atoms with Gasteiger partial charge in [-0.25, -0.2) is 0 Å². The van der Waals surface area contributed by atoms with Crippen LogP contribution in [0.15, 0.2) is 59.1 Å². The number of carbonyl (C=O) groups is 1. The fourth-order valence-electron chi connectivity index (χ4n) is 2.62. The van der Waals surface area contributed by atoms with Crippen LogP contribution in [0.5, 0.6) is 0 Å². The van der Waals surface area contributed by atoms with Crippen molar-refractivity contribution in [3.8, 4) is 11.4 Å². The van der Waals surface area contributed by atoms with E-state index in [-0.39, 0.29) is 11.9 Å². The zero-order chi connectivity index (χ0) is 17.6. The van der Waals surface area contributed by atoms with Crippen molar-refractivity contribution in [3.63, 3.8) is 0 Å². The lowest BCUT2D eigenvalue weighted by molar-refractivity contribution is -0.121. The van der Waals surface area contributed by atoms with Gasteiger partial charge >= 0.3 is 0 Å². The first-order valence-electron chi connectivity index (χ1n) is 8.39. The van der Waals surface area contributed by atoms with Gasteiger partial charge in [0.2, 0.25) is 17.6 Å². The zero-order valence-corrected chi connectivity index (χ0v) is 14.4. The average molecular weight is 335 g/mol. The smallest absolute Gasteiger partial charge is 0.249 e. The van der Waals surface area contributed by atoms with Crippen LogP contribution in [0.25, 0.3) is 11.4 Å². The van der Waals surface area contributed by atoms with Crippen LogP contribution >= 0.6 is 0 Å². The summed E-state index contributed by atoms with van der Waals surface area (Å²) in [5.74, 6) is 0.904. The van der Waals surface area contributed by atoms with Gasteiger partial charge in [0, 0.05) is 18.4 Å². The summed E-state index contributed by atoms with van der Waals surface area (Å²) in [5.41, 5.74) is 3.12. The third kappa shape index (κ3) is 4.32. The average Bonchev–Trinajstić information content (AvgIpc) is 3.12. The highest BCUT2D eigenvalue weighted by atomic mass is 16.5. The number of nitrogens with one attached hydrogen (secondary N) is 1. The lowest BCUT2D eigenvalue weighted by Gasteiger charge is -2.14. The molecular weight excluding hydrogens is 314 g/mol. The van der Waals surface area contributed by atoms with Crippen molar-refractivity contribution in [2.75, 3.05) is 0 Å². The molecule has 0 fully saturated rings. The normalized spacial score (nSPS) is 11.9. The van der Waals surface area contributed by atoms with Crippen molar-refractivity contribution in [1.29, 1.82) is 0 Å². The predicted octanol–water partition coefficient (Wildman–Crippen LogP) is 3.86. The van der Waals surface area contributed by atoms with Crippen LogP contribution in [0.4, 0.5) is 0 Å². The number of hydrogen-bond acceptors (Lipinski definition) is 4. The molecule has 0 aliphatic rings. The number of carbonyl (C=O) groups excluding carboxylic acids is 1. The quantitative estimate of drug-likeness (QED) is 0.743. The Balaban J connectivity index is 1.86. The van der Waals surface area contributed by atoms with Crippen molar-refractivity contribution in [3.05, 3.63) is 71.6 Å². The summed E-state index contributed by atoms with van der Waals surface area (Å²) in [6.07, 6.45) is 1.01. The summed E-state index contributed by atoms with van der Waals surface area (Å²) in [7, 11) is 0. The van der Waals surface area contributed by atoms with Crippen LogP contribution in [-0.4, -0.2) is 16.0 Å². The molecule has 5 heteroatoms. The largest absolute Gasteiger partial charge is 0.344 e. The maximum Gasteiger partial charge on any atom is 0.249 e. The second kappa shape index (κ2) is 7.75. The molecule has 1 aromatic heterocycles. The maximum atomic E-state index is 11.9. The predicted molar refractivity (Wildman–Crippen MR) is 95.8 cm³/mol. The zero-order valence-electron chi connectivity index (χ0n) is 14.4. The monoisotopic (exact) mass is 335 g/mol. The van der Waals surface area contributed by atoms with Crippen LogP contribution in [-0.2, 0) is 11.2 Å². The Morgan fingerprint density at radius 2 is 1.96 bits per heavy atom. The molecule has 2 aromatic carbocycles. The van der Waals surface area contributed by atoms with Gasteiger partial charge in [-0.2, -0.15) is 4.98 Å². The van der Waals surface area contributed by atoms with E-state index in [2.05, 4.69) is 15.5 Å². The van der Waals surface area contributed by atoms with Gasteiger partial charge in [-0.1, -0.05) is 66.2 Å². The number of aromatic nitrogens is 2. The molecule has 0 radical (unpaired) electrons. The Kier molecular flexibility index (Phi) is 5.23. The van der Waals surface area contributed by atoms with E-state index in [9.17, 15) is 4.79 Å². The summed E-state index contributed by atoms with van der Waals surface area (Å²) < 4.78 is 5.46. The summed E-state index contributed by atoms with van der Waals surface area (Å²) in [6, 6.07) is 17.5. The molecule has 25 heavy (non-hydrogen) atoms. The van der Waals surface area contributed by atoms with Gasteiger partial charge in [0.1, 0.15) is 6.04 Å². The molecule has 0 aliphatic heterocycles. The van der Waals surface area contributed by atoms with Crippen LogP contribution < -0.4 is 5.32 Å². The third-order valence-electron chi connectivity index (χ3n) is 3.96. The molecule has 0 aliphatic carbocycles. The fraction of sp³-hybridized carbons (Fsp3) is 0.250. The fourth-order valence-corrected chi connectivity index (χ4v) is 2.62. The summed E-state index contributed by atoms with van der Waals surface area (Å²) in [4.78, 5) is 16.4. The second-order valence-electron chi connectivity index (χ2n) is 5.99. The molecule has 1 N–H and O–H groups in total. The second-order valence-corrected chi connectivity index (χ2v) is 5.99. The van der Waals surface area contributed by atoms with Crippen molar-refractivity contribution < 1.29 is 9.32 Å². The molecule has 128 valence electrons. The molecule has 1 heterocycles. The highest BCUT2D eigenvalue weighted by Crippen LogP contribution is 2.22. The van der Waals surface area contributed by atoms with Crippen LogP contribution in [0.2, 0.25) is 0 Å². The Bertz CT molecular complexity index is 843. The highest BCUT2D eigenvalue weighted by Gasteiger charge is 2.21. The molecule has 0 spiro atoms. The molecule has 3 aromatic rings. The number of hydrogen-bond donors (Lipinski definition) is 1. The van der Waals surface area contributed by atoms with Gasteiger partial charge in [0.05, 0.1) is 0 Å². The van der Waals surface area contributed by atoms with Gasteiger partial charge < -0.3 is 9.84 Å². The maximum absolute atomic E-state index is 11.9. The van der Waals surface area contributed by atoms with Gasteiger partial charge in [0.15, 0.2) is 0 Å². The Morgan fingerprint density at radius 3 is 2.68 bits per heavy atom. The Hall–Kier alpha value is -2.95. The van der Waals surface area contributed by atoms with E-state index in [1.165, 1.54) is 0 Å². The molecule has 1 unspecified atom stereocenters. The number of rotatable bonds is 6. The van der Waals surface area contributed by atoms with Crippen molar-refractivity contribution in [2.24, 2.45) is 0 Å². The first-order valence-corrected chi connectivity index (χ1v) is 8.39. The minimum Gasteiger partial charge on any atom is -0.344 e. The third-order valence-corrected chi connectivity index (χ3v) is 3.96. The van der Waals surface area contributed by atoms with Gasteiger partial charge in [-0.15, -0.1) is 0 Å². The molecule has 0 saturated heterocycles. The minimum absolute atomic E-state index is 0.0452. The highest BCUT2D eigenvalue weighted by molar-refractivity contribution is 5.76. The van der Waals surface area contributed by atoms with Crippen molar-refractivity contribution in [1.82, 2.24) is 15.5 Å². The number of amides is 1. The van der Waals surface area contributed by atoms with E-state index in [1.54, 1.807) is 0 Å². The summed E-state index contributed by atoms with van der Waals surface area (Å²) in [5, 5.41) is 7.06. The number of aryl methyl sites for hydroxylation is 1. The van der Waals surface area contributed by atoms with Crippen LogP contribution in [0.3, 0.4) is 0 Å².